The van der Waals surface area contributed by atoms with Crippen molar-refractivity contribution >= 4 is 33.2 Å². The smallest absolute Gasteiger partial charge is 0.328 e. The Balaban J connectivity index is 2.66. The van der Waals surface area contributed by atoms with E-state index in [1.807, 2.05) is 32.5 Å². The summed E-state index contributed by atoms with van der Waals surface area (Å²) in [6, 6.07) is 1.58. The number of nitrogens with zero attached hydrogens (tertiary/aromatic N) is 1. The van der Waals surface area contributed by atoms with Gasteiger partial charge in [0, 0.05) is 27.8 Å². The Bertz CT molecular complexity index is 382. The molecule has 0 saturated carbocycles. The number of carbonyl (C=O) groups excluding carboxylic acids is 1. The topological polar surface area (TPSA) is 41.6 Å². The van der Waals surface area contributed by atoms with Crippen LogP contribution in [0.3, 0.4) is 0 Å². The lowest BCUT2D eigenvalue weighted by Crippen LogP contribution is -2.34. The second-order valence-electron chi connectivity index (χ2n) is 4.11. The molecular formula is C12H19BrN2O2S. The molecule has 0 saturated heterocycles. The van der Waals surface area contributed by atoms with Crippen molar-refractivity contribution in [2.24, 2.45) is 0 Å². The molecule has 102 valence electrons. The van der Waals surface area contributed by atoms with Gasteiger partial charge in [-0.1, -0.05) is 0 Å². The SMILES string of the molecule is CCOC(=O)C(NCCN(C)C)c1cc(Br)cs1. The van der Waals surface area contributed by atoms with Gasteiger partial charge < -0.3 is 9.64 Å². The molecule has 1 heterocycles. The van der Waals surface area contributed by atoms with E-state index >= 15 is 0 Å². The predicted molar refractivity (Wildman–Crippen MR) is 77.9 cm³/mol. The lowest BCUT2D eigenvalue weighted by Gasteiger charge is -2.17. The van der Waals surface area contributed by atoms with Crippen LogP contribution in [0.15, 0.2) is 15.9 Å². The maximum Gasteiger partial charge on any atom is 0.328 e. The Morgan fingerprint density at radius 2 is 2.33 bits per heavy atom. The normalized spacial score (nSPS) is 12.7. The van der Waals surface area contributed by atoms with Crippen LogP contribution >= 0.6 is 27.3 Å². The Hall–Kier alpha value is -0.430. The van der Waals surface area contributed by atoms with Gasteiger partial charge in [-0.3, -0.25) is 5.32 Å². The Labute approximate surface area is 120 Å². The van der Waals surface area contributed by atoms with Gasteiger partial charge in [-0.2, -0.15) is 0 Å². The van der Waals surface area contributed by atoms with Crippen molar-refractivity contribution < 1.29 is 9.53 Å². The predicted octanol–water partition coefficient (Wildman–Crippen LogP) is 2.27. The molecule has 0 fully saturated rings. The van der Waals surface area contributed by atoms with E-state index in [0.29, 0.717) is 6.61 Å². The highest BCUT2D eigenvalue weighted by Crippen LogP contribution is 2.26. The first kappa shape index (κ1) is 15.6. The highest BCUT2D eigenvalue weighted by Gasteiger charge is 2.22. The second kappa shape index (κ2) is 7.89. The van der Waals surface area contributed by atoms with Crippen LogP contribution in [-0.4, -0.2) is 44.7 Å². The lowest BCUT2D eigenvalue weighted by molar-refractivity contribution is -0.145. The van der Waals surface area contributed by atoms with Crippen LogP contribution in [0.1, 0.15) is 17.8 Å². The number of esters is 1. The van der Waals surface area contributed by atoms with Crippen molar-refractivity contribution in [3.63, 3.8) is 0 Å². The summed E-state index contributed by atoms with van der Waals surface area (Å²) >= 11 is 4.95. The average Bonchev–Trinajstić information content (AvgIpc) is 2.71. The lowest BCUT2D eigenvalue weighted by atomic mass is 10.2. The molecule has 1 atom stereocenters. The molecule has 6 heteroatoms. The van der Waals surface area contributed by atoms with E-state index in [9.17, 15) is 4.79 Å². The molecule has 0 aliphatic heterocycles. The first-order valence-corrected chi connectivity index (χ1v) is 7.50. The number of hydrogen-bond acceptors (Lipinski definition) is 5. The molecule has 18 heavy (non-hydrogen) atoms. The van der Waals surface area contributed by atoms with Gasteiger partial charge in [-0.05, 0) is 43.0 Å². The van der Waals surface area contributed by atoms with Crippen molar-refractivity contribution in [1.29, 1.82) is 0 Å². The summed E-state index contributed by atoms with van der Waals surface area (Å²) in [6.07, 6.45) is 0. The zero-order chi connectivity index (χ0) is 13.5. The summed E-state index contributed by atoms with van der Waals surface area (Å²) < 4.78 is 6.09. The zero-order valence-electron chi connectivity index (χ0n) is 10.9. The standard InChI is InChI=1S/C12H19BrN2O2S/c1-4-17-12(16)11(14-5-6-15(2)3)10-7-9(13)8-18-10/h7-8,11,14H,4-6H2,1-3H3. The molecule has 1 N–H and O–H groups in total. The maximum absolute atomic E-state index is 11.9. The van der Waals surface area contributed by atoms with Gasteiger partial charge in [0.15, 0.2) is 0 Å². The maximum atomic E-state index is 11.9. The average molecular weight is 335 g/mol. The summed E-state index contributed by atoms with van der Waals surface area (Å²) in [4.78, 5) is 15.0. The number of thiophene rings is 1. The van der Waals surface area contributed by atoms with E-state index in [2.05, 4.69) is 26.1 Å². The Kier molecular flexibility index (Phi) is 6.85. The van der Waals surface area contributed by atoms with Gasteiger partial charge >= 0.3 is 5.97 Å². The van der Waals surface area contributed by atoms with Gasteiger partial charge in [0.1, 0.15) is 6.04 Å². The molecule has 1 rings (SSSR count). The summed E-state index contributed by atoms with van der Waals surface area (Å²) in [7, 11) is 4.01. The molecule has 0 bridgehead atoms. The van der Waals surface area contributed by atoms with E-state index in [-0.39, 0.29) is 12.0 Å². The monoisotopic (exact) mass is 334 g/mol. The van der Waals surface area contributed by atoms with E-state index in [1.54, 1.807) is 11.3 Å². The third-order valence-electron chi connectivity index (χ3n) is 2.30. The van der Waals surface area contributed by atoms with E-state index in [4.69, 9.17) is 4.74 Å². The van der Waals surface area contributed by atoms with Crippen LogP contribution in [0.2, 0.25) is 0 Å². The molecule has 0 aliphatic rings. The molecule has 0 aliphatic carbocycles. The van der Waals surface area contributed by atoms with Crippen LogP contribution in [-0.2, 0) is 9.53 Å². The van der Waals surface area contributed by atoms with Gasteiger partial charge in [0.25, 0.3) is 0 Å². The Morgan fingerprint density at radius 3 is 2.83 bits per heavy atom. The van der Waals surface area contributed by atoms with E-state index in [1.165, 1.54) is 0 Å². The summed E-state index contributed by atoms with van der Waals surface area (Å²) in [6.45, 7) is 3.84. The second-order valence-corrected chi connectivity index (χ2v) is 5.97. The van der Waals surface area contributed by atoms with Crippen molar-refractivity contribution in [3.05, 3.63) is 20.8 Å². The highest BCUT2D eigenvalue weighted by atomic mass is 79.9. The van der Waals surface area contributed by atoms with Gasteiger partial charge in [-0.15, -0.1) is 11.3 Å². The molecule has 1 aromatic rings. The summed E-state index contributed by atoms with van der Waals surface area (Å²) in [5.41, 5.74) is 0. The molecule has 0 spiro atoms. The summed E-state index contributed by atoms with van der Waals surface area (Å²) in [5, 5.41) is 5.21. The first-order valence-electron chi connectivity index (χ1n) is 5.83. The van der Waals surface area contributed by atoms with Crippen LogP contribution < -0.4 is 5.32 Å². The molecule has 1 unspecified atom stereocenters. The van der Waals surface area contributed by atoms with E-state index in [0.717, 1.165) is 22.4 Å². The number of rotatable bonds is 7. The minimum Gasteiger partial charge on any atom is -0.465 e. The Morgan fingerprint density at radius 1 is 1.61 bits per heavy atom. The summed E-state index contributed by atoms with van der Waals surface area (Å²) in [5.74, 6) is -0.217. The quantitative estimate of drug-likeness (QED) is 0.776. The van der Waals surface area contributed by atoms with Gasteiger partial charge in [-0.25, -0.2) is 4.79 Å². The first-order chi connectivity index (χ1) is 8.54. The highest BCUT2D eigenvalue weighted by molar-refractivity contribution is 9.10. The molecule has 0 aromatic carbocycles. The fraction of sp³-hybridized carbons (Fsp3) is 0.583. The van der Waals surface area contributed by atoms with Crippen molar-refractivity contribution in [2.75, 3.05) is 33.8 Å². The minimum absolute atomic E-state index is 0.217. The van der Waals surface area contributed by atoms with Gasteiger partial charge in [0.2, 0.25) is 0 Å². The number of likely N-dealkylation sites (N-methyl/N-ethyl adjacent to an activating group) is 1. The van der Waals surface area contributed by atoms with Crippen molar-refractivity contribution in [3.8, 4) is 0 Å². The third-order valence-corrected chi connectivity index (χ3v) is 4.06. The van der Waals surface area contributed by atoms with Crippen LogP contribution in [0.4, 0.5) is 0 Å². The number of hydrogen-bond donors (Lipinski definition) is 1. The fourth-order valence-electron chi connectivity index (χ4n) is 1.44. The number of carbonyl (C=O) groups is 1. The minimum atomic E-state index is -0.374. The molecule has 1 aromatic heterocycles. The number of halogens is 1. The molecule has 0 amide bonds. The van der Waals surface area contributed by atoms with Gasteiger partial charge in [0.05, 0.1) is 6.61 Å². The van der Waals surface area contributed by atoms with Crippen molar-refractivity contribution in [2.45, 2.75) is 13.0 Å². The van der Waals surface area contributed by atoms with Crippen LogP contribution in [0.5, 0.6) is 0 Å². The number of ether oxygens (including phenoxy) is 1. The largest absolute Gasteiger partial charge is 0.465 e. The molecule has 4 nitrogen and oxygen atoms in total. The van der Waals surface area contributed by atoms with Crippen molar-refractivity contribution in [1.82, 2.24) is 10.2 Å². The fourth-order valence-corrected chi connectivity index (χ4v) is 2.94. The van der Waals surface area contributed by atoms with Crippen LogP contribution in [0.25, 0.3) is 0 Å². The molecular weight excluding hydrogens is 316 g/mol. The molecule has 0 radical (unpaired) electrons. The van der Waals surface area contributed by atoms with Crippen LogP contribution in [0, 0.1) is 0 Å². The number of nitrogens with one attached hydrogen (secondary N) is 1. The van der Waals surface area contributed by atoms with E-state index < -0.39 is 0 Å². The zero-order valence-corrected chi connectivity index (χ0v) is 13.3. The third kappa shape index (κ3) is 5.06.